The number of rotatable bonds is 14. The third-order valence-corrected chi connectivity index (χ3v) is 6.28. The molecule has 4 atom stereocenters. The molecule has 0 aliphatic carbocycles. The van der Waals surface area contributed by atoms with Crippen molar-refractivity contribution < 1.29 is 43.3 Å². The third-order valence-electron chi connectivity index (χ3n) is 6.28. The van der Waals surface area contributed by atoms with Crippen LogP contribution in [0.1, 0.15) is 80.2 Å². The Balaban J connectivity index is 3.22. The maximum atomic E-state index is 13.5. The third kappa shape index (κ3) is 13.6. The fourth-order valence-electron chi connectivity index (χ4n) is 3.61. The molecule has 1 rings (SSSR count). The summed E-state index contributed by atoms with van der Waals surface area (Å²) in [6.45, 7) is 13.7. The molecule has 13 nitrogen and oxygen atoms in total. The predicted molar refractivity (Wildman–Crippen MR) is 158 cm³/mol. The molecule has 13 heteroatoms. The molecular formula is C30H46N4O9. The number of aliphatic carboxylic acids is 1. The topological polar surface area (TPSA) is 203 Å². The zero-order valence-corrected chi connectivity index (χ0v) is 26.2. The number of carbonyl (C=O) groups is 6. The lowest BCUT2D eigenvalue weighted by molar-refractivity contribution is -0.143. The molecule has 6 N–H and O–H groups in total. The number of carboxylic acid groups (broad SMARTS) is 1. The number of primary amides is 1. The number of alkyl carbamates (subject to hydrolysis) is 1. The van der Waals surface area contributed by atoms with Gasteiger partial charge in [0.2, 0.25) is 17.7 Å². The molecule has 0 heterocycles. The van der Waals surface area contributed by atoms with E-state index in [1.165, 1.54) is 0 Å². The van der Waals surface area contributed by atoms with E-state index in [0.717, 1.165) is 0 Å². The van der Waals surface area contributed by atoms with Crippen LogP contribution in [-0.2, 0) is 35.1 Å². The number of hydrogen-bond acceptors (Lipinski definition) is 8. The van der Waals surface area contributed by atoms with Gasteiger partial charge in [-0.1, -0.05) is 32.4 Å². The lowest BCUT2D eigenvalue weighted by atomic mass is 9.96. The van der Waals surface area contributed by atoms with Gasteiger partial charge in [0, 0.05) is 12.8 Å². The Bertz CT molecular complexity index is 1150. The van der Waals surface area contributed by atoms with Gasteiger partial charge in [0.25, 0.3) is 0 Å². The second-order valence-corrected chi connectivity index (χ2v) is 12.5. The molecule has 0 aromatic heterocycles. The molecule has 1 aromatic rings. The van der Waals surface area contributed by atoms with Crippen molar-refractivity contribution in [3.8, 4) is 5.75 Å². The van der Waals surface area contributed by atoms with Crippen LogP contribution in [0.15, 0.2) is 24.3 Å². The summed E-state index contributed by atoms with van der Waals surface area (Å²) in [4.78, 5) is 74.4. The van der Waals surface area contributed by atoms with E-state index in [-0.39, 0.29) is 19.3 Å². The highest BCUT2D eigenvalue weighted by atomic mass is 16.6. The van der Waals surface area contributed by atoms with E-state index >= 15 is 0 Å². The van der Waals surface area contributed by atoms with Gasteiger partial charge in [-0.25, -0.2) is 9.59 Å². The Labute approximate surface area is 252 Å². The average molecular weight is 607 g/mol. The summed E-state index contributed by atoms with van der Waals surface area (Å²) in [5.41, 5.74) is 4.17. The minimum atomic E-state index is -1.40. The average Bonchev–Trinajstić information content (AvgIpc) is 2.87. The summed E-state index contributed by atoms with van der Waals surface area (Å²) in [5, 5.41) is 17.1. The Kier molecular flexibility index (Phi) is 13.6. The van der Waals surface area contributed by atoms with Gasteiger partial charge in [0.05, 0.1) is 5.41 Å². The quantitative estimate of drug-likeness (QED) is 0.156. The Morgan fingerprint density at radius 3 is 1.93 bits per heavy atom. The van der Waals surface area contributed by atoms with Crippen LogP contribution in [0.25, 0.3) is 0 Å². The fourth-order valence-corrected chi connectivity index (χ4v) is 3.61. The van der Waals surface area contributed by atoms with Crippen LogP contribution in [0, 0.1) is 11.3 Å². The second-order valence-electron chi connectivity index (χ2n) is 12.5. The van der Waals surface area contributed by atoms with Crippen molar-refractivity contribution in [1.29, 1.82) is 0 Å². The summed E-state index contributed by atoms with van der Waals surface area (Å²) in [6.07, 6.45) is -0.889. The summed E-state index contributed by atoms with van der Waals surface area (Å²) in [5.74, 6) is -4.08. The van der Waals surface area contributed by atoms with Gasteiger partial charge in [-0.05, 0) is 71.6 Å². The minimum Gasteiger partial charge on any atom is -0.480 e. The number of benzene rings is 1. The van der Waals surface area contributed by atoms with E-state index in [4.69, 9.17) is 15.2 Å². The van der Waals surface area contributed by atoms with Crippen molar-refractivity contribution in [3.05, 3.63) is 29.8 Å². The number of esters is 1. The van der Waals surface area contributed by atoms with Crippen LogP contribution in [0.2, 0.25) is 0 Å². The van der Waals surface area contributed by atoms with Crippen LogP contribution in [0.3, 0.4) is 0 Å². The summed E-state index contributed by atoms with van der Waals surface area (Å²) in [7, 11) is 0. The van der Waals surface area contributed by atoms with Gasteiger partial charge < -0.3 is 36.3 Å². The van der Waals surface area contributed by atoms with Crippen LogP contribution in [0.5, 0.6) is 5.75 Å². The van der Waals surface area contributed by atoms with E-state index < -0.39 is 70.8 Å². The molecular weight excluding hydrogens is 560 g/mol. The van der Waals surface area contributed by atoms with E-state index in [2.05, 4.69) is 16.0 Å². The van der Waals surface area contributed by atoms with Crippen molar-refractivity contribution in [2.45, 2.75) is 105 Å². The summed E-state index contributed by atoms with van der Waals surface area (Å²) in [6, 6.07) is 2.65. The number of ether oxygens (including phenoxy) is 2. The highest BCUT2D eigenvalue weighted by Gasteiger charge is 2.33. The minimum absolute atomic E-state index is 0.0101. The molecule has 0 fully saturated rings. The first kappa shape index (κ1) is 36.9. The van der Waals surface area contributed by atoms with E-state index in [9.17, 15) is 33.9 Å². The molecule has 0 spiro atoms. The second kappa shape index (κ2) is 15.9. The molecule has 1 aromatic carbocycles. The number of nitrogens with one attached hydrogen (secondary N) is 3. The Hall–Kier alpha value is -4.16. The van der Waals surface area contributed by atoms with Crippen LogP contribution < -0.4 is 26.4 Å². The zero-order valence-electron chi connectivity index (χ0n) is 26.2. The summed E-state index contributed by atoms with van der Waals surface area (Å²) >= 11 is 0. The maximum Gasteiger partial charge on any atom is 0.408 e. The Morgan fingerprint density at radius 2 is 1.47 bits per heavy atom. The molecule has 0 unspecified atom stereocenters. The lowest BCUT2D eigenvalue weighted by Gasteiger charge is -2.28. The van der Waals surface area contributed by atoms with Gasteiger partial charge >= 0.3 is 18.0 Å². The molecule has 0 aliphatic rings. The highest BCUT2D eigenvalue weighted by molar-refractivity contribution is 5.93. The standard InChI is InChI=1S/C30H46N4O9/c1-9-17(2)23(25(37)32-20(26(38)39)14-15-22(31)35)34-24(36)21(33-28(41)43-30(6,7)8)16-18-10-12-19(13-11-18)42-27(40)29(3,4)5/h10-13,17,20-21,23H,9,14-16H2,1-8H3,(H2,31,35)(H,32,37)(H,33,41)(H,34,36)(H,38,39)/t17-,20+,21+,23-/m0/s1. The number of nitrogens with two attached hydrogens (primary N) is 1. The number of amides is 4. The van der Waals surface area contributed by atoms with Crippen molar-refractivity contribution in [1.82, 2.24) is 16.0 Å². The molecule has 0 aliphatic heterocycles. The van der Waals surface area contributed by atoms with Crippen LogP contribution >= 0.6 is 0 Å². The van der Waals surface area contributed by atoms with Crippen LogP contribution in [-0.4, -0.2) is 64.6 Å². The maximum absolute atomic E-state index is 13.5. The first-order valence-corrected chi connectivity index (χ1v) is 14.2. The number of hydrogen-bond donors (Lipinski definition) is 5. The molecule has 43 heavy (non-hydrogen) atoms. The molecule has 0 saturated carbocycles. The van der Waals surface area contributed by atoms with E-state index in [1.54, 1.807) is 79.7 Å². The van der Waals surface area contributed by atoms with Gasteiger partial charge in [0.1, 0.15) is 29.5 Å². The van der Waals surface area contributed by atoms with Crippen molar-refractivity contribution in [2.24, 2.45) is 17.1 Å². The van der Waals surface area contributed by atoms with E-state index in [0.29, 0.717) is 17.7 Å². The molecule has 240 valence electrons. The van der Waals surface area contributed by atoms with Gasteiger partial charge in [-0.2, -0.15) is 0 Å². The lowest BCUT2D eigenvalue weighted by Crippen LogP contribution is -2.58. The van der Waals surface area contributed by atoms with Crippen molar-refractivity contribution in [3.63, 3.8) is 0 Å². The van der Waals surface area contributed by atoms with Crippen LogP contribution in [0.4, 0.5) is 4.79 Å². The van der Waals surface area contributed by atoms with Gasteiger partial charge in [-0.15, -0.1) is 0 Å². The predicted octanol–water partition coefficient (Wildman–Crippen LogP) is 2.44. The van der Waals surface area contributed by atoms with Gasteiger partial charge in [0.15, 0.2) is 0 Å². The number of carboxylic acids is 1. The number of carbonyl (C=O) groups excluding carboxylic acids is 5. The largest absolute Gasteiger partial charge is 0.480 e. The molecule has 0 radical (unpaired) electrons. The normalized spacial score (nSPS) is 14.3. The first-order chi connectivity index (χ1) is 19.7. The fraction of sp³-hybridized carbons (Fsp3) is 0.600. The zero-order chi connectivity index (χ0) is 33.1. The summed E-state index contributed by atoms with van der Waals surface area (Å²) < 4.78 is 10.7. The monoisotopic (exact) mass is 606 g/mol. The first-order valence-electron chi connectivity index (χ1n) is 14.2. The van der Waals surface area contributed by atoms with Crippen molar-refractivity contribution >= 4 is 35.8 Å². The van der Waals surface area contributed by atoms with Crippen molar-refractivity contribution in [2.75, 3.05) is 0 Å². The van der Waals surface area contributed by atoms with Gasteiger partial charge in [-0.3, -0.25) is 19.2 Å². The van der Waals surface area contributed by atoms with E-state index in [1.807, 2.05) is 0 Å². The SMILES string of the molecule is CC[C@H](C)[C@H](NC(=O)[C@@H](Cc1ccc(OC(=O)C(C)(C)C)cc1)NC(=O)OC(C)(C)C)C(=O)N[C@H](CCC(N)=O)C(=O)O. The molecule has 0 bridgehead atoms. The molecule has 4 amide bonds. The highest BCUT2D eigenvalue weighted by Crippen LogP contribution is 2.20. The smallest absolute Gasteiger partial charge is 0.408 e. The molecule has 0 saturated heterocycles. The Morgan fingerprint density at radius 1 is 0.884 bits per heavy atom.